The number of rotatable bonds is 4. The van der Waals surface area contributed by atoms with Crippen LogP contribution in [0.15, 0.2) is 167 Å². The highest BCUT2D eigenvalue weighted by Crippen LogP contribution is 2.59. The molecule has 2 aromatic heterocycles. The van der Waals surface area contributed by atoms with Gasteiger partial charge in [-0.05, 0) is 70.8 Å². The number of para-hydroxylation sites is 4. The van der Waals surface area contributed by atoms with Crippen LogP contribution in [0.4, 0.5) is 34.1 Å². The van der Waals surface area contributed by atoms with Crippen molar-refractivity contribution in [1.82, 2.24) is 9.97 Å². The van der Waals surface area contributed by atoms with Gasteiger partial charge in [-0.1, -0.05) is 137 Å². The first-order chi connectivity index (χ1) is 27.3. The van der Waals surface area contributed by atoms with Crippen molar-refractivity contribution in [1.29, 1.82) is 0 Å². The number of hydrogen-bond acceptors (Lipinski definition) is 6. The Labute approximate surface area is 325 Å². The van der Waals surface area contributed by atoms with Crippen LogP contribution in [0.1, 0.15) is 49.9 Å². The number of benzene rings is 7. The van der Waals surface area contributed by atoms with Crippen LogP contribution < -0.4 is 9.80 Å². The van der Waals surface area contributed by atoms with Crippen LogP contribution in [-0.2, 0) is 10.8 Å². The zero-order valence-electron chi connectivity index (χ0n) is 31.6. The van der Waals surface area contributed by atoms with Crippen LogP contribution in [-0.4, -0.2) is 9.97 Å². The van der Waals surface area contributed by atoms with Crippen molar-refractivity contribution in [2.45, 2.75) is 38.5 Å². The van der Waals surface area contributed by atoms with Gasteiger partial charge >= 0.3 is 0 Å². The molecule has 9 aromatic rings. The number of hydrogen-bond donors (Lipinski definition) is 0. The Balaban J connectivity index is 1.33. The molecule has 7 aromatic carbocycles. The molecule has 4 heterocycles. The zero-order valence-corrected chi connectivity index (χ0v) is 31.6. The van der Waals surface area contributed by atoms with E-state index in [1.165, 1.54) is 22.3 Å². The molecule has 0 unspecified atom stereocenters. The fraction of sp³-hybridized carbons (Fsp3) is 0.120. The summed E-state index contributed by atoms with van der Waals surface area (Å²) in [4.78, 5) is 15.5. The molecule has 0 amide bonds. The number of anilines is 6. The summed E-state index contributed by atoms with van der Waals surface area (Å²) in [6, 6.07) is 54.9. The van der Waals surface area contributed by atoms with E-state index >= 15 is 0 Å². The van der Waals surface area contributed by atoms with Crippen LogP contribution in [0.2, 0.25) is 0 Å². The molecule has 2 aliphatic heterocycles. The van der Waals surface area contributed by atoms with Crippen molar-refractivity contribution in [3.8, 4) is 22.9 Å². The Hall–Kier alpha value is -6.92. The van der Waals surface area contributed by atoms with Crippen molar-refractivity contribution in [3.63, 3.8) is 0 Å². The summed E-state index contributed by atoms with van der Waals surface area (Å²) in [6.07, 6.45) is 0. The summed E-state index contributed by atoms with van der Waals surface area (Å²) in [5.41, 5.74) is 14.5. The highest BCUT2D eigenvalue weighted by Gasteiger charge is 2.43. The molecule has 0 saturated carbocycles. The smallest absolute Gasteiger partial charge is 0.227 e. The van der Waals surface area contributed by atoms with E-state index in [4.69, 9.17) is 18.8 Å². The Morgan fingerprint density at radius 1 is 0.375 bits per heavy atom. The Bertz CT molecular complexity index is 2640. The molecule has 0 saturated heterocycles. The Morgan fingerprint density at radius 2 is 0.661 bits per heavy atom. The van der Waals surface area contributed by atoms with Gasteiger partial charge in [0.25, 0.3) is 0 Å². The third kappa shape index (κ3) is 4.50. The molecule has 0 bridgehead atoms. The van der Waals surface area contributed by atoms with Gasteiger partial charge in [-0.2, -0.15) is 0 Å². The minimum Gasteiger partial charge on any atom is -0.434 e. The minimum absolute atomic E-state index is 0.258. The molecule has 0 aliphatic carbocycles. The van der Waals surface area contributed by atoms with Gasteiger partial charge in [-0.15, -0.1) is 0 Å². The lowest BCUT2D eigenvalue weighted by Gasteiger charge is -2.42. The highest BCUT2D eigenvalue weighted by molar-refractivity contribution is 6.19. The highest BCUT2D eigenvalue weighted by atomic mass is 16.4. The Morgan fingerprint density at radius 3 is 0.982 bits per heavy atom. The van der Waals surface area contributed by atoms with Crippen molar-refractivity contribution in [2.75, 3.05) is 9.80 Å². The summed E-state index contributed by atoms with van der Waals surface area (Å²) in [7, 11) is 0. The summed E-state index contributed by atoms with van der Waals surface area (Å²) in [6.45, 7) is 9.20. The number of fused-ring (bicyclic) bond motifs is 6. The summed E-state index contributed by atoms with van der Waals surface area (Å²) in [5.74, 6) is 1.05. The van der Waals surface area contributed by atoms with E-state index in [2.05, 4.69) is 135 Å². The molecule has 0 radical (unpaired) electrons. The molecule has 56 heavy (non-hydrogen) atoms. The third-order valence-corrected chi connectivity index (χ3v) is 11.9. The standard InChI is InChI=1S/C50H38N4O2/c1-49(2)33-23-11-15-27-37(33)53(38-28-16-12-24-34(38)49)43-41-46(56-47(51-41)31-19-7-5-8-20-31)44(42-45(43)55-48(52-42)32-21-9-6-10-22-32)54-39-29-17-13-25-35(39)50(3,4)36-26-14-18-30-40(36)54/h5-30H,1-4H3. The second-order valence-electron chi connectivity index (χ2n) is 15.8. The molecule has 11 rings (SSSR count). The number of oxazole rings is 2. The fourth-order valence-corrected chi connectivity index (χ4v) is 9.14. The topological polar surface area (TPSA) is 58.5 Å². The predicted molar refractivity (Wildman–Crippen MR) is 226 cm³/mol. The van der Waals surface area contributed by atoms with Crippen molar-refractivity contribution in [2.24, 2.45) is 0 Å². The van der Waals surface area contributed by atoms with Crippen molar-refractivity contribution in [3.05, 3.63) is 180 Å². The minimum atomic E-state index is -0.258. The lowest BCUT2D eigenvalue weighted by molar-refractivity contribution is 0.615. The van der Waals surface area contributed by atoms with Gasteiger partial charge in [-0.25, -0.2) is 9.97 Å². The van der Waals surface area contributed by atoms with Crippen LogP contribution in [0.3, 0.4) is 0 Å². The predicted octanol–water partition coefficient (Wildman–Crippen LogP) is 13.5. The van der Waals surface area contributed by atoms with Gasteiger partial charge in [-0.3, -0.25) is 0 Å². The molecular formula is C50H38N4O2. The summed E-state index contributed by atoms with van der Waals surface area (Å²) in [5, 5.41) is 0. The SMILES string of the molecule is CC1(C)c2ccccc2N(c2c3nc(-c4ccccc4)oc3c(N3c4ccccc4C(C)(C)c4ccccc43)c3nc(-c4ccccc4)oc23)c2ccccc21. The second kappa shape index (κ2) is 11.8. The molecule has 0 spiro atoms. The Kier molecular flexibility index (Phi) is 6.84. The first kappa shape index (κ1) is 32.5. The van der Waals surface area contributed by atoms with Crippen LogP contribution >= 0.6 is 0 Å². The molecule has 0 fully saturated rings. The van der Waals surface area contributed by atoms with Gasteiger partial charge in [0, 0.05) is 22.0 Å². The van der Waals surface area contributed by atoms with E-state index in [1.807, 2.05) is 60.7 Å². The first-order valence-corrected chi connectivity index (χ1v) is 19.2. The fourth-order valence-electron chi connectivity index (χ4n) is 9.14. The van der Waals surface area contributed by atoms with Crippen LogP contribution in [0, 0.1) is 0 Å². The maximum absolute atomic E-state index is 7.13. The van der Waals surface area contributed by atoms with E-state index in [0.29, 0.717) is 34.0 Å². The molecular weight excluding hydrogens is 689 g/mol. The van der Waals surface area contributed by atoms with Gasteiger partial charge in [0.15, 0.2) is 11.2 Å². The van der Waals surface area contributed by atoms with E-state index in [-0.39, 0.29) is 10.8 Å². The van der Waals surface area contributed by atoms with E-state index < -0.39 is 0 Å². The second-order valence-corrected chi connectivity index (χ2v) is 15.8. The van der Waals surface area contributed by atoms with E-state index in [1.54, 1.807) is 0 Å². The largest absolute Gasteiger partial charge is 0.434 e. The van der Waals surface area contributed by atoms with Gasteiger partial charge in [0.1, 0.15) is 22.4 Å². The van der Waals surface area contributed by atoms with E-state index in [0.717, 1.165) is 45.3 Å². The van der Waals surface area contributed by atoms with Crippen LogP contribution in [0.25, 0.3) is 45.1 Å². The van der Waals surface area contributed by atoms with E-state index in [9.17, 15) is 0 Å². The average molecular weight is 727 g/mol. The first-order valence-electron chi connectivity index (χ1n) is 19.2. The molecule has 2 aliphatic rings. The lowest BCUT2D eigenvalue weighted by atomic mass is 9.73. The van der Waals surface area contributed by atoms with Gasteiger partial charge in [0.05, 0.1) is 22.7 Å². The number of nitrogens with zero attached hydrogens (tertiary/aromatic N) is 4. The van der Waals surface area contributed by atoms with Crippen molar-refractivity contribution >= 4 is 56.3 Å². The number of aromatic nitrogens is 2. The molecule has 0 atom stereocenters. The van der Waals surface area contributed by atoms with Gasteiger partial charge in [0.2, 0.25) is 11.8 Å². The summed E-state index contributed by atoms with van der Waals surface area (Å²) < 4.78 is 14.3. The zero-order chi connectivity index (χ0) is 37.8. The normalized spacial score (nSPS) is 15.0. The van der Waals surface area contributed by atoms with Crippen LogP contribution in [0.5, 0.6) is 0 Å². The molecule has 6 heteroatoms. The average Bonchev–Trinajstić information content (AvgIpc) is 3.88. The molecule has 0 N–H and O–H groups in total. The summed E-state index contributed by atoms with van der Waals surface area (Å²) >= 11 is 0. The van der Waals surface area contributed by atoms with Gasteiger partial charge < -0.3 is 18.6 Å². The monoisotopic (exact) mass is 726 g/mol. The third-order valence-electron chi connectivity index (χ3n) is 11.9. The molecule has 6 nitrogen and oxygen atoms in total. The molecule has 270 valence electrons. The quantitative estimate of drug-likeness (QED) is 0.180. The lowest BCUT2D eigenvalue weighted by Crippen LogP contribution is -2.31. The maximum atomic E-state index is 7.13. The maximum Gasteiger partial charge on any atom is 0.227 e. The van der Waals surface area contributed by atoms with Crippen molar-refractivity contribution < 1.29 is 8.83 Å².